The molecule has 0 amide bonds. The molecule has 0 aromatic carbocycles. The molecule has 0 radical (unpaired) electrons. The van der Waals surface area contributed by atoms with Gasteiger partial charge in [-0.15, -0.1) is 0 Å². The van der Waals surface area contributed by atoms with E-state index in [2.05, 4.69) is 5.43 Å². The summed E-state index contributed by atoms with van der Waals surface area (Å²) in [5, 5.41) is 0. The van der Waals surface area contributed by atoms with Gasteiger partial charge in [-0.2, -0.15) is 0 Å². The molecule has 3 nitrogen and oxygen atoms in total. The highest BCUT2D eigenvalue weighted by Gasteiger charge is 2.23. The standard InChI is InChI=1S/C12H20N2O/c13-14-12(9-11-7-4-8-15-11)10-5-2-1-3-6-10/h4,7-8,10,12,14H,1-3,5-6,9,13H2. The van der Waals surface area contributed by atoms with E-state index < -0.39 is 0 Å². The average molecular weight is 208 g/mol. The lowest BCUT2D eigenvalue weighted by molar-refractivity contribution is 0.260. The van der Waals surface area contributed by atoms with E-state index in [1.54, 1.807) is 6.26 Å². The van der Waals surface area contributed by atoms with Crippen LogP contribution in [0.25, 0.3) is 0 Å². The van der Waals surface area contributed by atoms with Gasteiger partial charge in [-0.1, -0.05) is 19.3 Å². The maximum absolute atomic E-state index is 5.63. The molecule has 1 heterocycles. The smallest absolute Gasteiger partial charge is 0.105 e. The number of nitrogens with two attached hydrogens (primary N) is 1. The van der Waals surface area contributed by atoms with Gasteiger partial charge < -0.3 is 4.42 Å². The molecule has 1 aromatic heterocycles. The molecule has 3 N–H and O–H groups in total. The highest BCUT2D eigenvalue weighted by atomic mass is 16.3. The Labute approximate surface area is 91.0 Å². The second-order valence-electron chi connectivity index (χ2n) is 4.45. The van der Waals surface area contributed by atoms with E-state index in [9.17, 15) is 0 Å². The van der Waals surface area contributed by atoms with Crippen LogP contribution in [0.3, 0.4) is 0 Å². The summed E-state index contributed by atoms with van der Waals surface area (Å²) in [6.45, 7) is 0. The summed E-state index contributed by atoms with van der Waals surface area (Å²) in [5.74, 6) is 7.38. The Morgan fingerprint density at radius 3 is 2.80 bits per heavy atom. The first-order valence-electron chi connectivity index (χ1n) is 5.88. The summed E-state index contributed by atoms with van der Waals surface area (Å²) < 4.78 is 5.36. The number of rotatable bonds is 4. The molecule has 1 aromatic rings. The molecule has 0 bridgehead atoms. The van der Waals surface area contributed by atoms with Crippen LogP contribution in [-0.2, 0) is 6.42 Å². The van der Waals surface area contributed by atoms with Gasteiger partial charge in [0.05, 0.1) is 6.26 Å². The lowest BCUT2D eigenvalue weighted by Crippen LogP contribution is -2.43. The monoisotopic (exact) mass is 208 g/mol. The highest BCUT2D eigenvalue weighted by molar-refractivity contribution is 5.01. The van der Waals surface area contributed by atoms with E-state index in [1.165, 1.54) is 32.1 Å². The third kappa shape index (κ3) is 2.83. The van der Waals surface area contributed by atoms with Crippen molar-refractivity contribution in [1.29, 1.82) is 0 Å². The van der Waals surface area contributed by atoms with E-state index in [-0.39, 0.29) is 0 Å². The summed E-state index contributed by atoms with van der Waals surface area (Å²) >= 11 is 0. The van der Waals surface area contributed by atoms with E-state index in [0.717, 1.165) is 12.2 Å². The molecule has 0 spiro atoms. The molecular formula is C12H20N2O. The van der Waals surface area contributed by atoms with Gasteiger partial charge in [0.2, 0.25) is 0 Å². The molecule has 0 saturated heterocycles. The summed E-state index contributed by atoms with van der Waals surface area (Å²) in [6, 6.07) is 4.33. The number of hydrazine groups is 1. The van der Waals surface area contributed by atoms with Crippen LogP contribution < -0.4 is 11.3 Å². The zero-order valence-corrected chi connectivity index (χ0v) is 9.11. The minimum absolute atomic E-state index is 0.372. The zero-order chi connectivity index (χ0) is 10.5. The molecule has 2 rings (SSSR count). The molecule has 84 valence electrons. The summed E-state index contributed by atoms with van der Waals surface area (Å²) in [4.78, 5) is 0. The largest absolute Gasteiger partial charge is 0.469 e. The molecule has 3 heteroatoms. The van der Waals surface area contributed by atoms with Gasteiger partial charge in [0, 0.05) is 12.5 Å². The number of furan rings is 1. The first-order chi connectivity index (χ1) is 7.40. The summed E-state index contributed by atoms with van der Waals surface area (Å²) in [6.07, 6.45) is 9.32. The fraction of sp³-hybridized carbons (Fsp3) is 0.667. The number of hydrogen-bond donors (Lipinski definition) is 2. The first-order valence-corrected chi connectivity index (χ1v) is 5.88. The predicted octanol–water partition coefficient (Wildman–Crippen LogP) is 2.23. The SMILES string of the molecule is NNC(Cc1ccco1)C1CCCCC1. The topological polar surface area (TPSA) is 51.2 Å². The first kappa shape index (κ1) is 10.7. The van der Waals surface area contributed by atoms with Crippen LogP contribution in [0.2, 0.25) is 0 Å². The summed E-state index contributed by atoms with van der Waals surface area (Å²) in [7, 11) is 0. The van der Waals surface area contributed by atoms with Crippen molar-refractivity contribution >= 4 is 0 Å². The van der Waals surface area contributed by atoms with Crippen LogP contribution in [0.4, 0.5) is 0 Å². The Kier molecular flexibility index (Phi) is 3.80. The Morgan fingerprint density at radius 2 is 2.20 bits per heavy atom. The fourth-order valence-electron chi connectivity index (χ4n) is 2.54. The number of hydrogen-bond acceptors (Lipinski definition) is 3. The van der Waals surface area contributed by atoms with Crippen molar-refractivity contribution in [2.45, 2.75) is 44.6 Å². The van der Waals surface area contributed by atoms with E-state index in [1.807, 2.05) is 12.1 Å². The molecule has 15 heavy (non-hydrogen) atoms. The lowest BCUT2D eigenvalue weighted by atomic mass is 9.82. The van der Waals surface area contributed by atoms with Crippen molar-refractivity contribution in [2.24, 2.45) is 11.8 Å². The molecule has 1 unspecified atom stereocenters. The molecule has 1 aliphatic rings. The Morgan fingerprint density at radius 1 is 1.40 bits per heavy atom. The molecular weight excluding hydrogens is 188 g/mol. The van der Waals surface area contributed by atoms with Gasteiger partial charge in [0.25, 0.3) is 0 Å². The second kappa shape index (κ2) is 5.33. The minimum Gasteiger partial charge on any atom is -0.469 e. The fourth-order valence-corrected chi connectivity index (χ4v) is 2.54. The average Bonchev–Trinajstić information content (AvgIpc) is 2.80. The van der Waals surface area contributed by atoms with Crippen molar-refractivity contribution in [3.8, 4) is 0 Å². The van der Waals surface area contributed by atoms with Crippen molar-refractivity contribution in [3.63, 3.8) is 0 Å². The Bertz CT molecular complexity index is 265. The number of nitrogens with one attached hydrogen (secondary N) is 1. The van der Waals surface area contributed by atoms with Gasteiger partial charge in [-0.25, -0.2) is 0 Å². The van der Waals surface area contributed by atoms with E-state index in [4.69, 9.17) is 10.3 Å². The molecule has 1 fully saturated rings. The van der Waals surface area contributed by atoms with E-state index in [0.29, 0.717) is 12.0 Å². The van der Waals surface area contributed by atoms with Crippen LogP contribution in [0.1, 0.15) is 37.9 Å². The summed E-state index contributed by atoms with van der Waals surface area (Å²) in [5.41, 5.74) is 2.95. The normalized spacial score (nSPS) is 20.3. The quantitative estimate of drug-likeness (QED) is 0.589. The van der Waals surface area contributed by atoms with Gasteiger partial charge in [-0.05, 0) is 30.9 Å². The van der Waals surface area contributed by atoms with Crippen LogP contribution >= 0.6 is 0 Å². The van der Waals surface area contributed by atoms with E-state index >= 15 is 0 Å². The Hall–Kier alpha value is -0.800. The highest BCUT2D eigenvalue weighted by Crippen LogP contribution is 2.27. The van der Waals surface area contributed by atoms with Crippen molar-refractivity contribution in [2.75, 3.05) is 0 Å². The second-order valence-corrected chi connectivity index (χ2v) is 4.45. The molecule has 0 aliphatic heterocycles. The van der Waals surface area contributed by atoms with Gasteiger partial charge in [0.1, 0.15) is 5.76 Å². The van der Waals surface area contributed by atoms with Crippen LogP contribution in [0.15, 0.2) is 22.8 Å². The van der Waals surface area contributed by atoms with Gasteiger partial charge >= 0.3 is 0 Å². The van der Waals surface area contributed by atoms with Crippen LogP contribution in [0.5, 0.6) is 0 Å². The van der Waals surface area contributed by atoms with Gasteiger partial charge in [-0.3, -0.25) is 11.3 Å². The van der Waals surface area contributed by atoms with Crippen LogP contribution in [-0.4, -0.2) is 6.04 Å². The van der Waals surface area contributed by atoms with Crippen molar-refractivity contribution in [3.05, 3.63) is 24.2 Å². The predicted molar refractivity (Wildman–Crippen MR) is 60.1 cm³/mol. The minimum atomic E-state index is 0.372. The van der Waals surface area contributed by atoms with Crippen molar-refractivity contribution < 1.29 is 4.42 Å². The van der Waals surface area contributed by atoms with Gasteiger partial charge in [0.15, 0.2) is 0 Å². The lowest BCUT2D eigenvalue weighted by Gasteiger charge is -2.29. The Balaban J connectivity index is 1.91. The third-order valence-corrected chi connectivity index (χ3v) is 3.43. The van der Waals surface area contributed by atoms with Crippen LogP contribution in [0, 0.1) is 5.92 Å². The molecule has 1 atom stereocenters. The maximum atomic E-state index is 5.63. The molecule has 1 aliphatic carbocycles. The zero-order valence-electron chi connectivity index (χ0n) is 9.11. The van der Waals surface area contributed by atoms with Crippen molar-refractivity contribution in [1.82, 2.24) is 5.43 Å². The maximum Gasteiger partial charge on any atom is 0.105 e. The molecule has 1 saturated carbocycles. The third-order valence-electron chi connectivity index (χ3n) is 3.43.